The Labute approximate surface area is 166 Å². The molecule has 3 rings (SSSR count). The standard InChI is InChI=1S/C15H18N4OS.C3H4.C2H6O/c16-15-6-5-14(11-17-15)21-19-9-7-18(8-10-19)12-1-3-13(20)4-2-12;1-3-2;1-2-3/h1-6,11,20H,7-10H2,(H2,16,17);1H,2H3;3H,2H2,1H3. The van der Waals surface area contributed by atoms with Crippen LogP contribution in [0.15, 0.2) is 47.5 Å². The highest BCUT2D eigenvalue weighted by Crippen LogP contribution is 2.26. The van der Waals surface area contributed by atoms with Gasteiger partial charge in [0.25, 0.3) is 0 Å². The van der Waals surface area contributed by atoms with E-state index in [4.69, 9.17) is 10.8 Å². The third-order valence-corrected chi connectivity index (χ3v) is 4.52. The molecule has 2 heterocycles. The normalized spacial score (nSPS) is 13.5. The van der Waals surface area contributed by atoms with Crippen LogP contribution in [0.3, 0.4) is 0 Å². The summed E-state index contributed by atoms with van der Waals surface area (Å²) >= 11 is 1.72. The van der Waals surface area contributed by atoms with Crippen molar-refractivity contribution in [2.45, 2.75) is 18.7 Å². The van der Waals surface area contributed by atoms with Gasteiger partial charge in [0.15, 0.2) is 0 Å². The minimum Gasteiger partial charge on any atom is -0.508 e. The number of aromatic nitrogens is 1. The minimum atomic E-state index is 0.250. The Balaban J connectivity index is 0.000000540. The van der Waals surface area contributed by atoms with Crippen molar-refractivity contribution in [1.29, 1.82) is 0 Å². The number of hydrogen-bond acceptors (Lipinski definition) is 7. The lowest BCUT2D eigenvalue weighted by Crippen LogP contribution is -2.43. The number of anilines is 2. The fraction of sp³-hybridized carbons (Fsp3) is 0.350. The van der Waals surface area contributed by atoms with Crippen LogP contribution in [-0.2, 0) is 0 Å². The molecule has 0 radical (unpaired) electrons. The summed E-state index contributed by atoms with van der Waals surface area (Å²) < 4.78 is 2.34. The molecule has 0 saturated carbocycles. The number of aromatic hydroxyl groups is 1. The summed E-state index contributed by atoms with van der Waals surface area (Å²) in [5, 5.41) is 16.9. The van der Waals surface area contributed by atoms with Crippen LogP contribution in [0, 0.1) is 12.3 Å². The van der Waals surface area contributed by atoms with Gasteiger partial charge in [-0.1, -0.05) is 0 Å². The molecule has 1 aliphatic rings. The third-order valence-electron chi connectivity index (χ3n) is 3.45. The van der Waals surface area contributed by atoms with Gasteiger partial charge in [-0.3, -0.25) is 0 Å². The fourth-order valence-corrected chi connectivity index (χ4v) is 3.17. The van der Waals surface area contributed by atoms with Gasteiger partial charge < -0.3 is 20.8 Å². The first kappa shape index (κ1) is 22.6. The maximum Gasteiger partial charge on any atom is 0.123 e. The molecule has 0 spiro atoms. The second-order valence-electron chi connectivity index (χ2n) is 5.55. The molecule has 4 N–H and O–H groups in total. The molecule has 27 heavy (non-hydrogen) atoms. The lowest BCUT2D eigenvalue weighted by Gasteiger charge is -2.35. The topological polar surface area (TPSA) is 85.9 Å². The van der Waals surface area contributed by atoms with Gasteiger partial charge in [-0.15, -0.1) is 12.3 Å². The van der Waals surface area contributed by atoms with E-state index in [2.05, 4.69) is 26.5 Å². The molecule has 6 nitrogen and oxygen atoms in total. The monoisotopic (exact) mass is 388 g/mol. The zero-order valence-corrected chi connectivity index (χ0v) is 16.7. The molecular formula is C20H28N4O2S. The molecule has 0 bridgehead atoms. The number of aliphatic hydroxyl groups is 1. The molecule has 0 amide bonds. The quantitative estimate of drug-likeness (QED) is 0.551. The molecule has 7 heteroatoms. The summed E-state index contributed by atoms with van der Waals surface area (Å²) in [6, 6.07) is 11.2. The Bertz CT molecular complexity index is 679. The Morgan fingerprint density at radius 1 is 1.15 bits per heavy atom. The van der Waals surface area contributed by atoms with E-state index >= 15 is 0 Å². The molecule has 0 unspecified atom stereocenters. The number of pyridine rings is 1. The maximum absolute atomic E-state index is 9.34. The average Bonchev–Trinajstić information content (AvgIpc) is 2.66. The van der Waals surface area contributed by atoms with Crippen molar-refractivity contribution in [1.82, 2.24) is 9.29 Å². The van der Waals surface area contributed by atoms with Crippen LogP contribution in [-0.4, -0.2) is 52.3 Å². The Morgan fingerprint density at radius 2 is 1.70 bits per heavy atom. The van der Waals surface area contributed by atoms with Gasteiger partial charge in [0.05, 0.1) is 0 Å². The predicted octanol–water partition coefficient (Wildman–Crippen LogP) is 2.84. The van der Waals surface area contributed by atoms with Crippen LogP contribution in [0.5, 0.6) is 5.75 Å². The number of rotatable bonds is 3. The summed E-state index contributed by atoms with van der Waals surface area (Å²) in [4.78, 5) is 7.56. The van der Waals surface area contributed by atoms with E-state index in [0.717, 1.165) is 36.8 Å². The predicted molar refractivity (Wildman–Crippen MR) is 114 cm³/mol. The fourth-order valence-electron chi connectivity index (χ4n) is 2.30. The summed E-state index contributed by atoms with van der Waals surface area (Å²) in [5.74, 6) is 3.11. The molecule has 0 atom stereocenters. The van der Waals surface area contributed by atoms with E-state index in [9.17, 15) is 5.11 Å². The lowest BCUT2D eigenvalue weighted by molar-refractivity contribution is 0.318. The second kappa shape index (κ2) is 12.9. The molecule has 1 aromatic carbocycles. The van der Waals surface area contributed by atoms with Gasteiger partial charge in [0.1, 0.15) is 11.6 Å². The number of phenolic OH excluding ortho intramolecular Hbond substituents is 1. The number of phenols is 1. The summed E-state index contributed by atoms with van der Waals surface area (Å²) in [6.07, 6.45) is 6.41. The van der Waals surface area contributed by atoms with Gasteiger partial charge in [0, 0.05) is 49.6 Å². The van der Waals surface area contributed by atoms with E-state index in [1.165, 1.54) is 0 Å². The SMILES string of the molecule is C#CC.CCO.Nc1ccc(SN2CCN(c3ccc(O)cc3)CC2)cn1. The molecule has 1 aromatic heterocycles. The Hall–Kier alpha value is -2.40. The van der Waals surface area contributed by atoms with E-state index in [-0.39, 0.29) is 6.61 Å². The number of piperazine rings is 1. The first-order valence-corrected chi connectivity index (χ1v) is 9.48. The van der Waals surface area contributed by atoms with Crippen molar-refractivity contribution in [3.63, 3.8) is 0 Å². The Kier molecular flexibility index (Phi) is 10.8. The van der Waals surface area contributed by atoms with Crippen molar-refractivity contribution in [2.24, 2.45) is 0 Å². The van der Waals surface area contributed by atoms with Crippen LogP contribution >= 0.6 is 11.9 Å². The zero-order valence-electron chi connectivity index (χ0n) is 15.9. The van der Waals surface area contributed by atoms with E-state index in [0.29, 0.717) is 11.6 Å². The number of aliphatic hydroxyl groups excluding tert-OH is 1. The summed E-state index contributed by atoms with van der Waals surface area (Å²) in [7, 11) is 0. The molecule has 1 aliphatic heterocycles. The van der Waals surface area contributed by atoms with Gasteiger partial charge >= 0.3 is 0 Å². The first-order valence-electron chi connectivity index (χ1n) is 8.70. The number of nitrogens with two attached hydrogens (primary N) is 1. The molecule has 0 aliphatic carbocycles. The molecule has 1 fully saturated rings. The van der Waals surface area contributed by atoms with Gasteiger partial charge in [-0.2, -0.15) is 0 Å². The van der Waals surface area contributed by atoms with Crippen LogP contribution in [0.4, 0.5) is 11.5 Å². The van der Waals surface area contributed by atoms with Crippen LogP contribution in [0.1, 0.15) is 13.8 Å². The molecule has 2 aromatic rings. The molecular weight excluding hydrogens is 360 g/mol. The summed E-state index contributed by atoms with van der Waals surface area (Å²) in [5.41, 5.74) is 6.75. The maximum atomic E-state index is 9.34. The largest absolute Gasteiger partial charge is 0.508 e. The highest BCUT2D eigenvalue weighted by molar-refractivity contribution is 7.97. The minimum absolute atomic E-state index is 0.250. The van der Waals surface area contributed by atoms with Crippen molar-refractivity contribution < 1.29 is 10.2 Å². The van der Waals surface area contributed by atoms with E-state index in [1.54, 1.807) is 37.9 Å². The van der Waals surface area contributed by atoms with Crippen LogP contribution in [0.2, 0.25) is 0 Å². The first-order chi connectivity index (χ1) is 13.0. The third kappa shape index (κ3) is 8.69. The van der Waals surface area contributed by atoms with Crippen molar-refractivity contribution in [3.8, 4) is 18.1 Å². The average molecular weight is 389 g/mol. The van der Waals surface area contributed by atoms with E-state index in [1.807, 2.05) is 30.5 Å². The molecule has 1 saturated heterocycles. The Morgan fingerprint density at radius 3 is 2.19 bits per heavy atom. The number of hydrogen-bond donors (Lipinski definition) is 3. The smallest absolute Gasteiger partial charge is 0.123 e. The highest BCUT2D eigenvalue weighted by Gasteiger charge is 2.18. The number of benzene rings is 1. The van der Waals surface area contributed by atoms with Gasteiger partial charge in [-0.05, 0) is 62.2 Å². The van der Waals surface area contributed by atoms with Gasteiger partial charge in [-0.25, -0.2) is 9.29 Å². The van der Waals surface area contributed by atoms with Gasteiger partial charge in [0.2, 0.25) is 0 Å². The van der Waals surface area contributed by atoms with Crippen molar-refractivity contribution in [2.75, 3.05) is 43.4 Å². The number of terminal acetylenes is 1. The summed E-state index contributed by atoms with van der Waals surface area (Å²) in [6.45, 7) is 7.49. The lowest BCUT2D eigenvalue weighted by atomic mass is 10.2. The van der Waals surface area contributed by atoms with Crippen LogP contribution < -0.4 is 10.6 Å². The zero-order chi connectivity index (χ0) is 20.1. The van der Waals surface area contributed by atoms with Crippen molar-refractivity contribution >= 4 is 23.5 Å². The van der Waals surface area contributed by atoms with Crippen molar-refractivity contribution in [3.05, 3.63) is 42.6 Å². The highest BCUT2D eigenvalue weighted by atomic mass is 32.2. The van der Waals surface area contributed by atoms with Crippen LogP contribution in [0.25, 0.3) is 0 Å². The number of nitrogen functional groups attached to an aromatic ring is 1. The van der Waals surface area contributed by atoms with E-state index < -0.39 is 0 Å². The molecule has 146 valence electrons. The number of nitrogens with zero attached hydrogens (tertiary/aromatic N) is 3. The second-order valence-corrected chi connectivity index (χ2v) is 6.72.